The van der Waals surface area contributed by atoms with E-state index in [1.165, 1.54) is 16.5 Å². The fraction of sp³-hybridized carbons (Fsp3) is 0.400. The lowest BCUT2D eigenvalue weighted by Gasteiger charge is -2.15. The third kappa shape index (κ3) is 3.44. The molecular formula is C15H16N2O2S2. The number of carbonyl (C=O) groups is 2. The molecule has 1 unspecified atom stereocenters. The van der Waals surface area contributed by atoms with Crippen LogP contribution in [0, 0.1) is 0 Å². The summed E-state index contributed by atoms with van der Waals surface area (Å²) < 4.78 is 1.19. The number of aromatic nitrogens is 1. The summed E-state index contributed by atoms with van der Waals surface area (Å²) in [5.74, 6) is 0.148. The topological polar surface area (TPSA) is 50.3 Å². The number of amides is 1. The van der Waals surface area contributed by atoms with Gasteiger partial charge in [-0.15, -0.1) is 11.3 Å². The molecule has 0 aliphatic carbocycles. The van der Waals surface area contributed by atoms with E-state index in [9.17, 15) is 9.59 Å². The monoisotopic (exact) mass is 320 g/mol. The molecule has 1 aromatic heterocycles. The molecule has 0 bridgehead atoms. The van der Waals surface area contributed by atoms with Gasteiger partial charge in [0.05, 0.1) is 15.2 Å². The fourth-order valence-corrected chi connectivity index (χ4v) is 4.43. The van der Waals surface area contributed by atoms with Crippen molar-refractivity contribution in [2.75, 3.05) is 13.1 Å². The van der Waals surface area contributed by atoms with Crippen LogP contribution in [0.1, 0.15) is 18.4 Å². The average molecular weight is 320 g/mol. The van der Waals surface area contributed by atoms with E-state index in [-0.39, 0.29) is 16.3 Å². The number of benzene rings is 1. The first-order valence-electron chi connectivity index (χ1n) is 6.91. The van der Waals surface area contributed by atoms with E-state index in [0.29, 0.717) is 19.5 Å². The molecule has 4 nitrogen and oxygen atoms in total. The van der Waals surface area contributed by atoms with Crippen molar-refractivity contribution in [3.8, 4) is 0 Å². The van der Waals surface area contributed by atoms with E-state index in [1.54, 1.807) is 18.3 Å². The first kappa shape index (κ1) is 14.5. The summed E-state index contributed by atoms with van der Waals surface area (Å²) in [7, 11) is 0. The van der Waals surface area contributed by atoms with Gasteiger partial charge < -0.3 is 4.90 Å². The van der Waals surface area contributed by atoms with Gasteiger partial charge in [-0.05, 0) is 12.1 Å². The van der Waals surface area contributed by atoms with Gasteiger partial charge >= 0.3 is 0 Å². The van der Waals surface area contributed by atoms with Crippen molar-refractivity contribution in [3.05, 3.63) is 29.3 Å². The number of thiazole rings is 1. The number of nitrogens with zero attached hydrogens (tertiary/aromatic N) is 2. The number of fused-ring (bicyclic) bond motifs is 1. The quantitative estimate of drug-likeness (QED) is 0.869. The molecule has 1 aliphatic rings. The summed E-state index contributed by atoms with van der Waals surface area (Å²) in [6, 6.07) is 8.07. The number of carbonyl (C=O) groups excluding carboxylic acids is 2. The molecule has 0 spiro atoms. The molecule has 1 fully saturated rings. The number of likely N-dealkylation sites (tertiary alicyclic amines) is 1. The summed E-state index contributed by atoms with van der Waals surface area (Å²) in [6.07, 6.45) is 1.26. The second-order valence-corrected chi connectivity index (χ2v) is 7.69. The molecular weight excluding hydrogens is 304 g/mol. The second-order valence-electron chi connectivity index (χ2n) is 5.10. The number of thioether (sulfide) groups is 1. The summed E-state index contributed by atoms with van der Waals surface area (Å²) in [6.45, 7) is 2.92. The van der Waals surface area contributed by atoms with Crippen molar-refractivity contribution < 1.29 is 9.59 Å². The molecule has 21 heavy (non-hydrogen) atoms. The standard InChI is InChI=1S/C15H16N2O2S2/c1-10(18)20-11-8-15(19)17(9-11)7-6-14-16-12-4-2-3-5-13(12)21-14/h2-5,11H,6-9H2,1H3. The number of hydrogen-bond acceptors (Lipinski definition) is 5. The average Bonchev–Trinajstić information content (AvgIpc) is 2.98. The Balaban J connectivity index is 1.59. The van der Waals surface area contributed by atoms with Gasteiger partial charge in [0.1, 0.15) is 0 Å². The minimum atomic E-state index is 0.0841. The summed E-state index contributed by atoms with van der Waals surface area (Å²) in [4.78, 5) is 29.5. The van der Waals surface area contributed by atoms with E-state index < -0.39 is 0 Å². The molecule has 0 radical (unpaired) electrons. The summed E-state index contributed by atoms with van der Waals surface area (Å²) in [5, 5.41) is 1.26. The van der Waals surface area contributed by atoms with E-state index in [2.05, 4.69) is 11.1 Å². The Morgan fingerprint density at radius 2 is 2.29 bits per heavy atom. The normalized spacial score (nSPS) is 18.6. The molecule has 0 saturated carbocycles. The molecule has 1 aromatic carbocycles. The van der Waals surface area contributed by atoms with Crippen LogP contribution in [0.5, 0.6) is 0 Å². The van der Waals surface area contributed by atoms with Crippen molar-refractivity contribution in [2.45, 2.75) is 25.0 Å². The molecule has 2 aromatic rings. The van der Waals surface area contributed by atoms with Gasteiger partial charge in [-0.2, -0.15) is 0 Å². The van der Waals surface area contributed by atoms with Crippen LogP contribution in [0.3, 0.4) is 0 Å². The minimum absolute atomic E-state index is 0.0841. The van der Waals surface area contributed by atoms with Gasteiger partial charge in [0.15, 0.2) is 5.12 Å². The van der Waals surface area contributed by atoms with Crippen LogP contribution in [-0.2, 0) is 16.0 Å². The highest BCUT2D eigenvalue weighted by Crippen LogP contribution is 2.26. The van der Waals surface area contributed by atoms with Crippen LogP contribution >= 0.6 is 23.1 Å². The highest BCUT2D eigenvalue weighted by molar-refractivity contribution is 8.14. The van der Waals surface area contributed by atoms with E-state index in [4.69, 9.17) is 0 Å². The molecule has 1 saturated heterocycles. The maximum Gasteiger partial charge on any atom is 0.223 e. The van der Waals surface area contributed by atoms with Gasteiger partial charge in [-0.3, -0.25) is 9.59 Å². The lowest BCUT2D eigenvalue weighted by atomic mass is 10.3. The minimum Gasteiger partial charge on any atom is -0.341 e. The zero-order valence-corrected chi connectivity index (χ0v) is 13.4. The predicted octanol–water partition coefficient (Wildman–Crippen LogP) is 2.72. The molecule has 1 amide bonds. The van der Waals surface area contributed by atoms with Crippen LogP contribution in [0.2, 0.25) is 0 Å². The Hall–Kier alpha value is -1.40. The molecule has 6 heteroatoms. The summed E-state index contributed by atoms with van der Waals surface area (Å²) in [5.41, 5.74) is 1.02. The van der Waals surface area contributed by atoms with Gasteiger partial charge in [-0.1, -0.05) is 23.9 Å². The second kappa shape index (κ2) is 6.15. The zero-order chi connectivity index (χ0) is 14.8. The smallest absolute Gasteiger partial charge is 0.223 e. The Kier molecular flexibility index (Phi) is 4.26. The zero-order valence-electron chi connectivity index (χ0n) is 11.7. The fourth-order valence-electron chi connectivity index (χ4n) is 2.52. The van der Waals surface area contributed by atoms with Gasteiger partial charge in [0, 0.05) is 38.1 Å². The Bertz CT molecular complexity index is 650. The Morgan fingerprint density at radius 3 is 3.05 bits per heavy atom. The number of rotatable bonds is 4. The molecule has 1 atom stereocenters. The lowest BCUT2D eigenvalue weighted by Crippen LogP contribution is -2.27. The molecule has 3 rings (SSSR count). The number of para-hydroxylation sites is 1. The van der Waals surface area contributed by atoms with Crippen LogP contribution < -0.4 is 0 Å². The number of hydrogen-bond donors (Lipinski definition) is 0. The van der Waals surface area contributed by atoms with Crippen molar-refractivity contribution >= 4 is 44.3 Å². The van der Waals surface area contributed by atoms with Crippen molar-refractivity contribution in [3.63, 3.8) is 0 Å². The van der Waals surface area contributed by atoms with Crippen LogP contribution in [-0.4, -0.2) is 39.2 Å². The van der Waals surface area contributed by atoms with E-state index in [1.807, 2.05) is 23.1 Å². The predicted molar refractivity (Wildman–Crippen MR) is 86.6 cm³/mol. The van der Waals surface area contributed by atoms with E-state index >= 15 is 0 Å². The van der Waals surface area contributed by atoms with Crippen LogP contribution in [0.15, 0.2) is 24.3 Å². The highest BCUT2D eigenvalue weighted by Gasteiger charge is 2.30. The molecule has 1 aliphatic heterocycles. The molecule has 2 heterocycles. The van der Waals surface area contributed by atoms with Crippen LogP contribution in [0.4, 0.5) is 0 Å². The maximum absolute atomic E-state index is 11.9. The van der Waals surface area contributed by atoms with Gasteiger partial charge in [-0.25, -0.2) is 4.98 Å². The highest BCUT2D eigenvalue weighted by atomic mass is 32.2. The third-order valence-electron chi connectivity index (χ3n) is 3.45. The molecule has 110 valence electrons. The SMILES string of the molecule is CC(=O)SC1CC(=O)N(CCc2nc3ccccc3s2)C1. The third-order valence-corrected chi connectivity index (χ3v) is 5.52. The lowest BCUT2D eigenvalue weighted by molar-refractivity contribution is -0.127. The summed E-state index contributed by atoms with van der Waals surface area (Å²) >= 11 is 2.97. The van der Waals surface area contributed by atoms with Crippen molar-refractivity contribution in [2.24, 2.45) is 0 Å². The van der Waals surface area contributed by atoms with Gasteiger partial charge in [0.2, 0.25) is 5.91 Å². The Labute approximate surface area is 131 Å². The Morgan fingerprint density at radius 1 is 1.48 bits per heavy atom. The molecule has 0 N–H and O–H groups in total. The maximum atomic E-state index is 11.9. The van der Waals surface area contributed by atoms with E-state index in [0.717, 1.165) is 16.9 Å². The largest absolute Gasteiger partial charge is 0.341 e. The van der Waals surface area contributed by atoms with Crippen molar-refractivity contribution in [1.82, 2.24) is 9.88 Å². The van der Waals surface area contributed by atoms with Crippen molar-refractivity contribution in [1.29, 1.82) is 0 Å². The van der Waals surface area contributed by atoms with Gasteiger partial charge in [0.25, 0.3) is 0 Å². The first-order chi connectivity index (χ1) is 10.1. The first-order valence-corrected chi connectivity index (χ1v) is 8.61. The van der Waals surface area contributed by atoms with Crippen LogP contribution in [0.25, 0.3) is 10.2 Å².